The van der Waals surface area contributed by atoms with E-state index in [2.05, 4.69) is 9.97 Å². The molecule has 1 heterocycles. The Morgan fingerprint density at radius 1 is 1.47 bits per heavy atom. The van der Waals surface area contributed by atoms with Gasteiger partial charge in [0.1, 0.15) is 11.0 Å². The number of fused-ring (bicyclic) bond motifs is 1. The molecule has 0 fully saturated rings. The quantitative estimate of drug-likeness (QED) is 0.470. The maximum absolute atomic E-state index is 13.4. The molecular weight excluding hydrogens is 249 g/mol. The van der Waals surface area contributed by atoms with Crippen LogP contribution < -0.4 is 0 Å². The average Bonchev–Trinajstić information content (AvgIpc) is 2.27. The van der Waals surface area contributed by atoms with Crippen molar-refractivity contribution in [3.05, 3.63) is 39.0 Å². The third kappa shape index (κ3) is 2.03. The first-order valence-electron chi connectivity index (χ1n) is 4.83. The second kappa shape index (κ2) is 4.21. The van der Waals surface area contributed by atoms with Crippen LogP contribution in [0.4, 0.5) is 10.1 Å². The molecule has 0 N–H and O–H groups in total. The van der Waals surface area contributed by atoms with Crippen LogP contribution in [0.15, 0.2) is 12.1 Å². The van der Waals surface area contributed by atoms with Crippen molar-refractivity contribution in [3.63, 3.8) is 0 Å². The van der Waals surface area contributed by atoms with E-state index < -0.39 is 16.4 Å². The van der Waals surface area contributed by atoms with Gasteiger partial charge in [0.25, 0.3) is 0 Å². The van der Waals surface area contributed by atoms with Crippen molar-refractivity contribution in [1.82, 2.24) is 9.97 Å². The lowest BCUT2D eigenvalue weighted by Gasteiger charge is -2.03. The SMILES string of the molecule is CCc1nc(Cl)c2cc([N+](=O)[O-])c(F)cc2n1. The van der Waals surface area contributed by atoms with Crippen LogP contribution in [0.25, 0.3) is 10.9 Å². The highest BCUT2D eigenvalue weighted by molar-refractivity contribution is 6.34. The van der Waals surface area contributed by atoms with Crippen molar-refractivity contribution in [2.45, 2.75) is 13.3 Å². The molecular formula is C10H7ClFN3O2. The largest absolute Gasteiger partial charge is 0.305 e. The van der Waals surface area contributed by atoms with Gasteiger partial charge in [-0.25, -0.2) is 9.97 Å². The van der Waals surface area contributed by atoms with Gasteiger partial charge in [-0.3, -0.25) is 10.1 Å². The summed E-state index contributed by atoms with van der Waals surface area (Å²) in [4.78, 5) is 17.8. The van der Waals surface area contributed by atoms with E-state index >= 15 is 0 Å². The van der Waals surface area contributed by atoms with Crippen LogP contribution in [0.2, 0.25) is 5.15 Å². The smallest absolute Gasteiger partial charge is 0.258 e. The van der Waals surface area contributed by atoms with Crippen molar-refractivity contribution < 1.29 is 9.31 Å². The second-order valence-electron chi connectivity index (χ2n) is 3.36. The van der Waals surface area contributed by atoms with E-state index in [-0.39, 0.29) is 16.1 Å². The zero-order valence-corrected chi connectivity index (χ0v) is 9.53. The highest BCUT2D eigenvalue weighted by atomic mass is 35.5. The number of hydrogen-bond acceptors (Lipinski definition) is 4. The van der Waals surface area contributed by atoms with Gasteiger partial charge in [0.15, 0.2) is 0 Å². The molecule has 88 valence electrons. The average molecular weight is 256 g/mol. The van der Waals surface area contributed by atoms with Crippen molar-refractivity contribution >= 4 is 28.2 Å². The Kier molecular flexibility index (Phi) is 2.89. The second-order valence-corrected chi connectivity index (χ2v) is 3.72. The predicted octanol–water partition coefficient (Wildman–Crippen LogP) is 2.89. The number of nitro benzene ring substituents is 1. The molecule has 2 rings (SSSR count). The van der Waals surface area contributed by atoms with Crippen LogP contribution in [0, 0.1) is 15.9 Å². The lowest BCUT2D eigenvalue weighted by molar-refractivity contribution is -0.387. The molecule has 0 radical (unpaired) electrons. The Morgan fingerprint density at radius 3 is 2.76 bits per heavy atom. The maximum Gasteiger partial charge on any atom is 0.305 e. The molecule has 0 saturated carbocycles. The molecule has 5 nitrogen and oxygen atoms in total. The highest BCUT2D eigenvalue weighted by Gasteiger charge is 2.17. The van der Waals surface area contributed by atoms with Crippen LogP contribution in [-0.4, -0.2) is 14.9 Å². The van der Waals surface area contributed by atoms with Crippen molar-refractivity contribution in [2.75, 3.05) is 0 Å². The lowest BCUT2D eigenvalue weighted by Crippen LogP contribution is -1.98. The lowest BCUT2D eigenvalue weighted by atomic mass is 10.2. The Morgan fingerprint density at radius 2 is 2.18 bits per heavy atom. The topological polar surface area (TPSA) is 68.9 Å². The Hall–Kier alpha value is -1.82. The molecule has 2 aromatic rings. The molecule has 0 amide bonds. The van der Waals surface area contributed by atoms with Gasteiger partial charge < -0.3 is 0 Å². The van der Waals surface area contributed by atoms with Crippen molar-refractivity contribution in [3.8, 4) is 0 Å². The molecule has 17 heavy (non-hydrogen) atoms. The van der Waals surface area contributed by atoms with E-state index in [0.717, 1.165) is 12.1 Å². The summed E-state index contributed by atoms with van der Waals surface area (Å²) in [6, 6.07) is 2.05. The predicted molar refractivity (Wildman–Crippen MR) is 60.5 cm³/mol. The van der Waals surface area contributed by atoms with E-state index in [4.69, 9.17) is 11.6 Å². The zero-order chi connectivity index (χ0) is 12.6. The summed E-state index contributed by atoms with van der Waals surface area (Å²) in [5.41, 5.74) is -0.364. The zero-order valence-electron chi connectivity index (χ0n) is 8.78. The van der Waals surface area contributed by atoms with Crippen molar-refractivity contribution in [1.29, 1.82) is 0 Å². The van der Waals surface area contributed by atoms with Crippen molar-refractivity contribution in [2.24, 2.45) is 0 Å². The van der Waals surface area contributed by atoms with Gasteiger partial charge in [0, 0.05) is 23.9 Å². The van der Waals surface area contributed by atoms with Gasteiger partial charge in [0.05, 0.1) is 10.4 Å². The minimum absolute atomic E-state index is 0.0925. The Labute approximate surface area is 100 Å². The molecule has 7 heteroatoms. The van der Waals surface area contributed by atoms with Crippen LogP contribution in [0.3, 0.4) is 0 Å². The van der Waals surface area contributed by atoms with Gasteiger partial charge in [0.2, 0.25) is 5.82 Å². The normalized spacial score (nSPS) is 10.8. The van der Waals surface area contributed by atoms with Crippen LogP contribution in [0.5, 0.6) is 0 Å². The minimum Gasteiger partial charge on any atom is -0.258 e. The van der Waals surface area contributed by atoms with E-state index in [0.29, 0.717) is 12.2 Å². The first kappa shape index (κ1) is 11.7. The number of nitrogens with zero attached hydrogens (tertiary/aromatic N) is 3. The van der Waals surface area contributed by atoms with Gasteiger partial charge in [-0.15, -0.1) is 0 Å². The summed E-state index contributed by atoms with van der Waals surface area (Å²) in [5, 5.41) is 10.9. The van der Waals surface area contributed by atoms with Gasteiger partial charge in [-0.2, -0.15) is 4.39 Å². The fraction of sp³-hybridized carbons (Fsp3) is 0.200. The molecule has 0 aliphatic carbocycles. The minimum atomic E-state index is -0.931. The molecule has 1 aromatic heterocycles. The van der Waals surface area contributed by atoms with Crippen LogP contribution >= 0.6 is 11.6 Å². The molecule has 0 aliphatic rings. The third-order valence-electron chi connectivity index (χ3n) is 2.28. The van der Waals surface area contributed by atoms with E-state index in [1.54, 1.807) is 0 Å². The Balaban J connectivity index is 2.78. The molecule has 0 atom stereocenters. The highest BCUT2D eigenvalue weighted by Crippen LogP contribution is 2.27. The molecule has 0 aliphatic heterocycles. The number of hydrogen-bond donors (Lipinski definition) is 0. The molecule has 0 unspecified atom stereocenters. The third-order valence-corrected chi connectivity index (χ3v) is 2.57. The summed E-state index contributed by atoms with van der Waals surface area (Å²) in [5.74, 6) is -0.463. The fourth-order valence-electron chi connectivity index (χ4n) is 1.44. The summed E-state index contributed by atoms with van der Waals surface area (Å²) in [7, 11) is 0. The van der Waals surface area contributed by atoms with Gasteiger partial charge >= 0.3 is 5.69 Å². The first-order valence-corrected chi connectivity index (χ1v) is 5.20. The van der Waals surface area contributed by atoms with Crippen LogP contribution in [-0.2, 0) is 6.42 Å². The molecule has 0 saturated heterocycles. The number of benzene rings is 1. The number of aryl methyl sites for hydroxylation is 1. The summed E-state index contributed by atoms with van der Waals surface area (Å²) < 4.78 is 13.4. The summed E-state index contributed by atoms with van der Waals surface area (Å²) >= 11 is 5.87. The monoisotopic (exact) mass is 255 g/mol. The van der Waals surface area contributed by atoms with E-state index in [1.165, 1.54) is 0 Å². The number of nitro groups is 1. The summed E-state index contributed by atoms with van der Waals surface area (Å²) in [6.45, 7) is 1.83. The maximum atomic E-state index is 13.4. The van der Waals surface area contributed by atoms with Gasteiger partial charge in [-0.1, -0.05) is 18.5 Å². The summed E-state index contributed by atoms with van der Waals surface area (Å²) in [6.07, 6.45) is 0.550. The standard InChI is InChI=1S/C10H7ClFN3O2/c1-2-9-13-7-4-6(12)8(15(16)17)3-5(7)10(11)14-9/h3-4H,2H2,1H3. The first-order chi connectivity index (χ1) is 8.02. The Bertz CT molecular complexity index is 618. The molecule has 0 spiro atoms. The van der Waals surface area contributed by atoms with Gasteiger partial charge in [-0.05, 0) is 0 Å². The van der Waals surface area contributed by atoms with E-state index in [9.17, 15) is 14.5 Å². The number of rotatable bonds is 2. The fourth-order valence-corrected chi connectivity index (χ4v) is 1.69. The van der Waals surface area contributed by atoms with E-state index in [1.807, 2.05) is 6.92 Å². The molecule has 0 bridgehead atoms. The number of halogens is 2. The van der Waals surface area contributed by atoms with Crippen LogP contribution in [0.1, 0.15) is 12.7 Å². The molecule has 1 aromatic carbocycles. The number of aromatic nitrogens is 2.